The first-order chi connectivity index (χ1) is 15.9. The SMILES string of the molecule is CNC(=O)c1cnc(N2CCN(C3CCN(Cc4ccc(Cl)cc4)C(C)C3)[C@@H](C)C2)c(Cl)c1.[HH]. The number of hydrogen-bond acceptors (Lipinski definition) is 5. The van der Waals surface area contributed by atoms with Crippen molar-refractivity contribution in [2.24, 2.45) is 0 Å². The van der Waals surface area contributed by atoms with Crippen molar-refractivity contribution < 1.29 is 6.22 Å². The zero-order chi connectivity index (χ0) is 23.5. The fourth-order valence-corrected chi connectivity index (χ4v) is 5.61. The van der Waals surface area contributed by atoms with Crippen LogP contribution in [0, 0.1) is 0 Å². The molecule has 1 aromatic carbocycles. The molecule has 2 fully saturated rings. The minimum atomic E-state index is -0.175. The van der Waals surface area contributed by atoms with Crippen molar-refractivity contribution >= 4 is 34.9 Å². The van der Waals surface area contributed by atoms with Gasteiger partial charge in [0, 0.05) is 70.5 Å². The number of hydrogen-bond donors (Lipinski definition) is 1. The number of rotatable bonds is 5. The molecule has 3 atom stereocenters. The third kappa shape index (κ3) is 5.62. The summed E-state index contributed by atoms with van der Waals surface area (Å²) in [5.74, 6) is 0.590. The Morgan fingerprint density at radius 2 is 1.91 bits per heavy atom. The summed E-state index contributed by atoms with van der Waals surface area (Å²) in [6, 6.07) is 11.5. The van der Waals surface area contributed by atoms with Gasteiger partial charge in [-0.1, -0.05) is 35.3 Å². The summed E-state index contributed by atoms with van der Waals surface area (Å²) in [6.45, 7) is 9.48. The number of benzene rings is 1. The van der Waals surface area contributed by atoms with E-state index in [9.17, 15) is 4.79 Å². The van der Waals surface area contributed by atoms with Gasteiger partial charge in [-0.25, -0.2) is 4.98 Å². The standard InChI is InChI=1S/C25H33Cl2N5O.H2/c1-17-12-22(8-9-30(17)16-19-4-6-21(26)7-5-19)32-11-10-31(15-18(32)2)24-23(27)13-20(14-29-24)25(33)28-3;/h4-7,13-14,17-18,22H,8-12,15-16H2,1-3H3,(H,28,33);1H/t17?,18-,22?;/m0./s1. The highest BCUT2D eigenvalue weighted by molar-refractivity contribution is 6.33. The van der Waals surface area contributed by atoms with Crippen LogP contribution in [-0.4, -0.2) is 72.0 Å². The molecule has 8 heteroatoms. The predicted molar refractivity (Wildman–Crippen MR) is 137 cm³/mol. The molecular formula is C25H35Cl2N5O. The highest BCUT2D eigenvalue weighted by atomic mass is 35.5. The van der Waals surface area contributed by atoms with Gasteiger partial charge in [-0.3, -0.25) is 14.6 Å². The molecule has 2 aliphatic rings. The molecule has 33 heavy (non-hydrogen) atoms. The Labute approximate surface area is 208 Å². The molecule has 0 radical (unpaired) electrons. The van der Waals surface area contributed by atoms with Crippen molar-refractivity contribution in [1.82, 2.24) is 20.1 Å². The van der Waals surface area contributed by atoms with E-state index in [0.717, 1.165) is 43.6 Å². The Hall–Kier alpha value is -1.86. The number of carbonyl (C=O) groups is 1. The molecule has 2 saturated heterocycles. The first-order valence-corrected chi connectivity index (χ1v) is 12.5. The molecule has 4 rings (SSSR count). The molecule has 180 valence electrons. The van der Waals surface area contributed by atoms with E-state index in [1.54, 1.807) is 19.3 Å². The van der Waals surface area contributed by atoms with E-state index in [0.29, 0.717) is 28.7 Å². The quantitative estimate of drug-likeness (QED) is 0.664. The normalized spacial score (nSPS) is 24.6. The molecule has 0 aliphatic carbocycles. The van der Waals surface area contributed by atoms with Crippen LogP contribution in [0.15, 0.2) is 36.5 Å². The van der Waals surface area contributed by atoms with Crippen molar-refractivity contribution in [3.05, 3.63) is 57.7 Å². The average Bonchev–Trinajstić information content (AvgIpc) is 2.81. The number of pyridine rings is 1. The fourth-order valence-electron chi connectivity index (χ4n) is 5.19. The maximum atomic E-state index is 11.8. The third-order valence-electron chi connectivity index (χ3n) is 7.04. The van der Waals surface area contributed by atoms with Crippen LogP contribution >= 0.6 is 23.2 Å². The Morgan fingerprint density at radius 3 is 2.55 bits per heavy atom. The Kier molecular flexibility index (Phi) is 7.80. The van der Waals surface area contributed by atoms with E-state index in [2.05, 4.69) is 51.0 Å². The lowest BCUT2D eigenvalue weighted by molar-refractivity contribution is 0.0420. The van der Waals surface area contributed by atoms with E-state index in [-0.39, 0.29) is 7.33 Å². The number of piperidine rings is 1. The Bertz CT molecular complexity index is 976. The summed E-state index contributed by atoms with van der Waals surface area (Å²) >= 11 is 12.5. The lowest BCUT2D eigenvalue weighted by Crippen LogP contribution is -2.58. The minimum Gasteiger partial charge on any atom is -0.355 e. The summed E-state index contributed by atoms with van der Waals surface area (Å²) in [5.41, 5.74) is 1.80. The molecule has 2 unspecified atom stereocenters. The predicted octanol–water partition coefficient (Wildman–Crippen LogP) is 4.56. The smallest absolute Gasteiger partial charge is 0.252 e. The molecule has 0 bridgehead atoms. The fraction of sp³-hybridized carbons (Fsp3) is 0.520. The van der Waals surface area contributed by atoms with Crippen LogP contribution in [0.2, 0.25) is 10.0 Å². The molecule has 2 aliphatic heterocycles. The number of aromatic nitrogens is 1. The largest absolute Gasteiger partial charge is 0.355 e. The molecule has 1 amide bonds. The first kappa shape index (κ1) is 24.3. The molecule has 1 aromatic heterocycles. The van der Waals surface area contributed by atoms with Crippen LogP contribution in [0.3, 0.4) is 0 Å². The van der Waals surface area contributed by atoms with Crippen LogP contribution in [-0.2, 0) is 6.54 Å². The zero-order valence-electron chi connectivity index (χ0n) is 19.6. The van der Waals surface area contributed by atoms with E-state index >= 15 is 0 Å². The first-order valence-electron chi connectivity index (χ1n) is 11.7. The molecule has 6 nitrogen and oxygen atoms in total. The number of halogens is 2. The molecule has 1 N–H and O–H groups in total. The van der Waals surface area contributed by atoms with Gasteiger partial charge < -0.3 is 10.2 Å². The minimum absolute atomic E-state index is 0. The topological polar surface area (TPSA) is 51.7 Å². The van der Waals surface area contributed by atoms with Crippen LogP contribution < -0.4 is 10.2 Å². The Balaban J connectivity index is 0.00000324. The van der Waals surface area contributed by atoms with Crippen molar-refractivity contribution in [1.29, 1.82) is 0 Å². The third-order valence-corrected chi connectivity index (χ3v) is 7.57. The second-order valence-corrected chi connectivity index (χ2v) is 10.1. The summed E-state index contributed by atoms with van der Waals surface area (Å²) in [4.78, 5) is 23.9. The summed E-state index contributed by atoms with van der Waals surface area (Å²) < 4.78 is 0. The number of anilines is 1. The number of nitrogens with zero attached hydrogens (tertiary/aromatic N) is 4. The molecule has 2 aromatic rings. The second kappa shape index (κ2) is 10.6. The number of likely N-dealkylation sites (tertiary alicyclic amines) is 1. The van der Waals surface area contributed by atoms with Gasteiger partial charge >= 0.3 is 0 Å². The van der Waals surface area contributed by atoms with Gasteiger partial charge in [0.15, 0.2) is 0 Å². The molecule has 0 saturated carbocycles. The van der Waals surface area contributed by atoms with Crippen molar-refractivity contribution in [3.8, 4) is 0 Å². The summed E-state index contributed by atoms with van der Waals surface area (Å²) in [7, 11) is 1.61. The van der Waals surface area contributed by atoms with Gasteiger partial charge in [-0.15, -0.1) is 0 Å². The van der Waals surface area contributed by atoms with Gasteiger partial charge in [0.2, 0.25) is 0 Å². The second-order valence-electron chi connectivity index (χ2n) is 9.27. The van der Waals surface area contributed by atoms with E-state index in [1.807, 2.05) is 12.1 Å². The molecule has 3 heterocycles. The summed E-state index contributed by atoms with van der Waals surface area (Å²) in [6.07, 6.45) is 3.97. The van der Waals surface area contributed by atoms with Gasteiger partial charge in [-0.2, -0.15) is 0 Å². The monoisotopic (exact) mass is 491 g/mol. The van der Waals surface area contributed by atoms with Crippen molar-refractivity contribution in [2.75, 3.05) is 38.1 Å². The van der Waals surface area contributed by atoms with Crippen LogP contribution in [0.1, 0.15) is 44.0 Å². The number of amides is 1. The van der Waals surface area contributed by atoms with Gasteiger partial charge in [-0.05, 0) is 50.5 Å². The molecule has 0 spiro atoms. The van der Waals surface area contributed by atoms with Gasteiger partial charge in [0.1, 0.15) is 5.82 Å². The zero-order valence-corrected chi connectivity index (χ0v) is 21.1. The Morgan fingerprint density at radius 1 is 1.15 bits per heavy atom. The van der Waals surface area contributed by atoms with Crippen molar-refractivity contribution in [2.45, 2.75) is 51.4 Å². The van der Waals surface area contributed by atoms with Crippen LogP contribution in [0.4, 0.5) is 5.82 Å². The van der Waals surface area contributed by atoms with Crippen LogP contribution in [0.5, 0.6) is 0 Å². The van der Waals surface area contributed by atoms with Gasteiger partial charge in [0.05, 0.1) is 10.6 Å². The van der Waals surface area contributed by atoms with E-state index < -0.39 is 0 Å². The number of carbonyl (C=O) groups excluding carboxylic acids is 1. The van der Waals surface area contributed by atoms with Crippen molar-refractivity contribution in [3.63, 3.8) is 0 Å². The van der Waals surface area contributed by atoms with Gasteiger partial charge in [0.25, 0.3) is 5.91 Å². The number of piperazine rings is 1. The highest BCUT2D eigenvalue weighted by Gasteiger charge is 2.34. The number of nitrogens with one attached hydrogen (secondary N) is 1. The summed E-state index contributed by atoms with van der Waals surface area (Å²) in [5, 5.41) is 3.93. The maximum Gasteiger partial charge on any atom is 0.252 e. The molecular weight excluding hydrogens is 457 g/mol. The lowest BCUT2D eigenvalue weighted by Gasteiger charge is -2.48. The average molecular weight is 492 g/mol. The van der Waals surface area contributed by atoms with E-state index in [4.69, 9.17) is 23.2 Å². The highest BCUT2D eigenvalue weighted by Crippen LogP contribution is 2.30. The van der Waals surface area contributed by atoms with E-state index in [1.165, 1.54) is 18.4 Å². The maximum absolute atomic E-state index is 11.8. The van der Waals surface area contributed by atoms with Crippen LogP contribution in [0.25, 0.3) is 0 Å². The lowest BCUT2D eigenvalue weighted by atomic mass is 9.94.